The van der Waals surface area contributed by atoms with Crippen molar-refractivity contribution in [3.8, 4) is 0 Å². The molecular formula is C23H33NO3. The number of Topliss-reactive ketones (excluding diaryl/α,β-unsaturated/α-hetero) is 1. The molecule has 4 heteroatoms. The zero-order chi connectivity index (χ0) is 19.4. The second kappa shape index (κ2) is 8.90. The monoisotopic (exact) mass is 371 g/mol. The summed E-state index contributed by atoms with van der Waals surface area (Å²) in [4.78, 5) is 24.9. The van der Waals surface area contributed by atoms with Crippen LogP contribution in [0.15, 0.2) is 30.3 Å². The smallest absolute Gasteiger partial charge is 0.408 e. The van der Waals surface area contributed by atoms with Crippen LogP contribution in [0.4, 0.5) is 4.79 Å². The predicted molar refractivity (Wildman–Crippen MR) is 107 cm³/mol. The van der Waals surface area contributed by atoms with E-state index in [-0.39, 0.29) is 11.9 Å². The van der Waals surface area contributed by atoms with Gasteiger partial charge in [0.05, 0.1) is 6.04 Å². The predicted octanol–water partition coefficient (Wildman–Crippen LogP) is 5.08. The Hall–Kier alpha value is -1.84. The van der Waals surface area contributed by atoms with Crippen LogP contribution in [0.1, 0.15) is 70.8 Å². The SMILES string of the molecule is CC(C)[C@@H]1CC[C@H](C)C[C@@H]1OC(=O)N[C@H]1C[C@H](c2ccccc2)CCC1=O. The van der Waals surface area contributed by atoms with Gasteiger partial charge < -0.3 is 10.1 Å². The average molecular weight is 372 g/mol. The number of hydrogen-bond donors (Lipinski definition) is 1. The van der Waals surface area contributed by atoms with Gasteiger partial charge in [-0.25, -0.2) is 4.79 Å². The van der Waals surface area contributed by atoms with Crippen molar-refractivity contribution in [1.82, 2.24) is 5.32 Å². The molecule has 0 heterocycles. The fraction of sp³-hybridized carbons (Fsp3) is 0.652. The van der Waals surface area contributed by atoms with Crippen molar-refractivity contribution in [2.45, 2.75) is 77.4 Å². The van der Waals surface area contributed by atoms with Crippen LogP contribution in [0, 0.1) is 17.8 Å². The maximum Gasteiger partial charge on any atom is 0.408 e. The number of amides is 1. The largest absolute Gasteiger partial charge is 0.446 e. The molecule has 0 radical (unpaired) electrons. The summed E-state index contributed by atoms with van der Waals surface area (Å²) in [5.74, 6) is 1.92. The van der Waals surface area contributed by atoms with Crippen LogP contribution in [0.25, 0.3) is 0 Å². The maximum absolute atomic E-state index is 12.6. The molecule has 0 saturated heterocycles. The number of carbonyl (C=O) groups is 2. The Morgan fingerprint density at radius 2 is 1.85 bits per heavy atom. The van der Waals surface area contributed by atoms with E-state index in [9.17, 15) is 9.59 Å². The summed E-state index contributed by atoms with van der Waals surface area (Å²) in [7, 11) is 0. The third kappa shape index (κ3) is 5.12. The lowest BCUT2D eigenvalue weighted by atomic mass is 9.75. The summed E-state index contributed by atoms with van der Waals surface area (Å²) in [6.07, 6.45) is 4.78. The van der Waals surface area contributed by atoms with E-state index in [4.69, 9.17) is 4.74 Å². The van der Waals surface area contributed by atoms with E-state index in [0.717, 1.165) is 19.3 Å². The molecule has 4 nitrogen and oxygen atoms in total. The van der Waals surface area contributed by atoms with Gasteiger partial charge in [-0.3, -0.25) is 4.79 Å². The summed E-state index contributed by atoms with van der Waals surface area (Å²) < 4.78 is 5.83. The van der Waals surface area contributed by atoms with Gasteiger partial charge in [-0.2, -0.15) is 0 Å². The number of carbonyl (C=O) groups excluding carboxylic acids is 2. The lowest BCUT2D eigenvalue weighted by Crippen LogP contribution is -2.46. The molecule has 27 heavy (non-hydrogen) atoms. The van der Waals surface area contributed by atoms with Crippen molar-refractivity contribution in [2.24, 2.45) is 17.8 Å². The minimum atomic E-state index is -0.435. The molecule has 148 valence electrons. The van der Waals surface area contributed by atoms with Gasteiger partial charge in [-0.1, -0.05) is 57.5 Å². The van der Waals surface area contributed by atoms with E-state index < -0.39 is 12.1 Å². The van der Waals surface area contributed by atoms with Gasteiger partial charge >= 0.3 is 6.09 Å². The molecule has 2 aliphatic carbocycles. The van der Waals surface area contributed by atoms with Crippen LogP contribution in [0.3, 0.4) is 0 Å². The zero-order valence-corrected chi connectivity index (χ0v) is 16.8. The van der Waals surface area contributed by atoms with E-state index in [2.05, 4.69) is 38.2 Å². The van der Waals surface area contributed by atoms with E-state index in [1.54, 1.807) is 0 Å². The molecule has 0 spiro atoms. The second-order valence-electron chi connectivity index (χ2n) is 8.82. The molecule has 1 aromatic carbocycles. The van der Waals surface area contributed by atoms with Gasteiger partial charge in [0.25, 0.3) is 0 Å². The maximum atomic E-state index is 12.6. The van der Waals surface area contributed by atoms with Gasteiger partial charge in [0, 0.05) is 6.42 Å². The fourth-order valence-electron chi connectivity index (χ4n) is 4.76. The van der Waals surface area contributed by atoms with Crippen LogP contribution in [0.2, 0.25) is 0 Å². The Morgan fingerprint density at radius 1 is 1.11 bits per heavy atom. The van der Waals surface area contributed by atoms with Crippen LogP contribution in [0.5, 0.6) is 0 Å². The summed E-state index contributed by atoms with van der Waals surface area (Å²) in [5, 5.41) is 2.88. The number of ketones is 1. The summed E-state index contributed by atoms with van der Waals surface area (Å²) in [5.41, 5.74) is 1.24. The van der Waals surface area contributed by atoms with Crippen molar-refractivity contribution in [2.75, 3.05) is 0 Å². The molecule has 0 aliphatic heterocycles. The number of rotatable bonds is 4. The molecular weight excluding hydrogens is 338 g/mol. The van der Waals surface area contributed by atoms with E-state index in [1.165, 1.54) is 12.0 Å². The molecule has 1 aromatic rings. The zero-order valence-electron chi connectivity index (χ0n) is 16.8. The quantitative estimate of drug-likeness (QED) is 0.803. The normalized spacial score (nSPS) is 31.6. The van der Waals surface area contributed by atoms with Crippen molar-refractivity contribution >= 4 is 11.9 Å². The highest BCUT2D eigenvalue weighted by molar-refractivity contribution is 5.88. The van der Waals surface area contributed by atoms with Crippen LogP contribution < -0.4 is 5.32 Å². The first-order valence-corrected chi connectivity index (χ1v) is 10.5. The fourth-order valence-corrected chi connectivity index (χ4v) is 4.76. The summed E-state index contributed by atoms with van der Waals surface area (Å²) in [6.45, 7) is 6.62. The first-order chi connectivity index (χ1) is 12.9. The number of ether oxygens (including phenoxy) is 1. The average Bonchev–Trinajstić information content (AvgIpc) is 2.64. The van der Waals surface area contributed by atoms with Crippen molar-refractivity contribution in [3.05, 3.63) is 35.9 Å². The molecule has 0 unspecified atom stereocenters. The Bertz CT molecular complexity index is 642. The Morgan fingerprint density at radius 3 is 2.56 bits per heavy atom. The van der Waals surface area contributed by atoms with Gasteiger partial charge in [-0.05, 0) is 54.9 Å². The van der Waals surface area contributed by atoms with Crippen molar-refractivity contribution < 1.29 is 14.3 Å². The van der Waals surface area contributed by atoms with Crippen LogP contribution in [-0.2, 0) is 9.53 Å². The van der Waals surface area contributed by atoms with Gasteiger partial charge in [0.2, 0.25) is 0 Å². The Labute approximate surface area is 163 Å². The molecule has 0 aromatic heterocycles. The first kappa shape index (κ1) is 19.9. The van der Waals surface area contributed by atoms with Crippen molar-refractivity contribution in [3.63, 3.8) is 0 Å². The first-order valence-electron chi connectivity index (χ1n) is 10.5. The van der Waals surface area contributed by atoms with Crippen LogP contribution >= 0.6 is 0 Å². The number of hydrogen-bond acceptors (Lipinski definition) is 3. The lowest BCUT2D eigenvalue weighted by Gasteiger charge is -2.37. The molecule has 2 fully saturated rings. The van der Waals surface area contributed by atoms with Crippen LogP contribution in [-0.4, -0.2) is 24.0 Å². The lowest BCUT2D eigenvalue weighted by molar-refractivity contribution is -0.122. The van der Waals surface area contributed by atoms with E-state index in [0.29, 0.717) is 36.5 Å². The molecule has 5 atom stereocenters. The standard InChI is InChI=1S/C23H33NO3/c1-15(2)19-11-9-16(3)13-22(19)27-23(26)24-20-14-18(10-12-21(20)25)17-7-5-4-6-8-17/h4-8,15-16,18-20,22H,9-14H2,1-3H3,(H,24,26)/t16-,18+,19-,20-,22-/m0/s1. The molecule has 0 bridgehead atoms. The Balaban J connectivity index is 1.59. The third-order valence-corrected chi connectivity index (χ3v) is 6.43. The molecule has 1 N–H and O–H groups in total. The third-order valence-electron chi connectivity index (χ3n) is 6.43. The van der Waals surface area contributed by atoms with Gasteiger partial charge in [0.15, 0.2) is 5.78 Å². The highest BCUT2D eigenvalue weighted by Crippen LogP contribution is 2.36. The number of alkyl carbamates (subject to hydrolysis) is 1. The van der Waals surface area contributed by atoms with Gasteiger partial charge in [0.1, 0.15) is 6.10 Å². The number of benzene rings is 1. The number of nitrogens with one attached hydrogen (secondary N) is 1. The second-order valence-corrected chi connectivity index (χ2v) is 8.82. The highest BCUT2D eigenvalue weighted by atomic mass is 16.6. The topological polar surface area (TPSA) is 55.4 Å². The van der Waals surface area contributed by atoms with Gasteiger partial charge in [-0.15, -0.1) is 0 Å². The molecule has 3 rings (SSSR count). The minimum absolute atomic E-state index is 0.0441. The Kier molecular flexibility index (Phi) is 6.56. The van der Waals surface area contributed by atoms with Crippen molar-refractivity contribution in [1.29, 1.82) is 0 Å². The highest BCUT2D eigenvalue weighted by Gasteiger charge is 2.35. The van der Waals surface area contributed by atoms with E-state index >= 15 is 0 Å². The molecule has 1 amide bonds. The minimum Gasteiger partial charge on any atom is -0.446 e. The molecule has 2 saturated carbocycles. The summed E-state index contributed by atoms with van der Waals surface area (Å²) >= 11 is 0. The molecule has 2 aliphatic rings. The van der Waals surface area contributed by atoms with E-state index in [1.807, 2.05) is 18.2 Å². The summed E-state index contributed by atoms with van der Waals surface area (Å²) in [6, 6.07) is 9.83.